The Labute approximate surface area is 106 Å². The van der Waals surface area contributed by atoms with Crippen molar-refractivity contribution in [3.05, 3.63) is 47.3 Å². The van der Waals surface area contributed by atoms with Crippen LogP contribution in [0.4, 0.5) is 0 Å². The molecule has 1 aromatic carbocycles. The summed E-state index contributed by atoms with van der Waals surface area (Å²) in [7, 11) is 0. The zero-order chi connectivity index (χ0) is 12.6. The van der Waals surface area contributed by atoms with Crippen molar-refractivity contribution in [1.29, 1.82) is 0 Å². The topological polar surface area (TPSA) is 32.0 Å². The van der Waals surface area contributed by atoms with Crippen molar-refractivity contribution in [1.82, 2.24) is 0 Å². The van der Waals surface area contributed by atoms with E-state index in [9.17, 15) is 0 Å². The van der Waals surface area contributed by atoms with Gasteiger partial charge < -0.3 is 14.2 Å². The molecule has 0 aliphatic carbocycles. The van der Waals surface area contributed by atoms with Crippen molar-refractivity contribution in [2.24, 2.45) is 5.41 Å². The van der Waals surface area contributed by atoms with Gasteiger partial charge in [-0.15, -0.1) is 0 Å². The molecule has 3 aliphatic heterocycles. The highest BCUT2D eigenvalue weighted by molar-refractivity contribution is 5.24. The Morgan fingerprint density at radius 2 is 1.67 bits per heavy atom. The molecule has 4 rings (SSSR count). The highest BCUT2D eigenvalue weighted by atomic mass is 16.9. The molecule has 3 fully saturated rings. The Balaban J connectivity index is 1.92. The van der Waals surface area contributed by atoms with Crippen LogP contribution in [0.25, 0.3) is 4.85 Å². The van der Waals surface area contributed by atoms with Gasteiger partial charge in [-0.05, 0) is 0 Å². The molecular formula is C14H15NO3. The fourth-order valence-corrected chi connectivity index (χ4v) is 2.30. The first kappa shape index (κ1) is 11.7. The average Bonchev–Trinajstić information content (AvgIpc) is 2.42. The van der Waals surface area contributed by atoms with Crippen LogP contribution < -0.4 is 0 Å². The van der Waals surface area contributed by atoms with Crippen LogP contribution in [0.2, 0.25) is 0 Å². The second-order valence-corrected chi connectivity index (χ2v) is 5.22. The number of benzene rings is 1. The van der Waals surface area contributed by atoms with Crippen molar-refractivity contribution in [3.8, 4) is 0 Å². The van der Waals surface area contributed by atoms with Crippen LogP contribution in [0, 0.1) is 12.0 Å². The van der Waals surface area contributed by atoms with Gasteiger partial charge in [0.05, 0.1) is 19.8 Å². The number of ether oxygens (including phenoxy) is 3. The highest BCUT2D eigenvalue weighted by Gasteiger charge is 2.59. The summed E-state index contributed by atoms with van der Waals surface area (Å²) in [6, 6.07) is 8.94. The second kappa shape index (κ2) is 4.06. The van der Waals surface area contributed by atoms with Gasteiger partial charge in [-0.25, -0.2) is 6.57 Å². The van der Waals surface area contributed by atoms with E-state index in [2.05, 4.69) is 11.8 Å². The van der Waals surface area contributed by atoms with Crippen molar-refractivity contribution in [2.75, 3.05) is 19.8 Å². The molecule has 4 heteroatoms. The van der Waals surface area contributed by atoms with Crippen LogP contribution in [0.15, 0.2) is 30.3 Å². The molecule has 94 valence electrons. The number of hydrogen-bond donors (Lipinski definition) is 0. The number of rotatable bonds is 2. The van der Waals surface area contributed by atoms with Gasteiger partial charge in [0.15, 0.2) is 0 Å². The number of fused-ring (bicyclic) bond motifs is 3. The lowest BCUT2D eigenvalue weighted by molar-refractivity contribution is -0.470. The number of nitrogens with zero attached hydrogens (tertiary/aromatic N) is 1. The predicted molar refractivity (Wildman–Crippen MR) is 64.5 cm³/mol. The first-order chi connectivity index (χ1) is 8.68. The molecule has 0 unspecified atom stereocenters. The molecule has 18 heavy (non-hydrogen) atoms. The van der Waals surface area contributed by atoms with Gasteiger partial charge in [0.25, 0.3) is 0 Å². The van der Waals surface area contributed by atoms with Crippen LogP contribution >= 0.6 is 0 Å². The first-order valence-electron chi connectivity index (χ1n) is 6.01. The fourth-order valence-electron chi connectivity index (χ4n) is 2.30. The molecule has 0 saturated carbocycles. The van der Waals surface area contributed by atoms with Crippen molar-refractivity contribution < 1.29 is 14.2 Å². The Bertz CT molecular complexity index is 455. The lowest BCUT2D eigenvalue weighted by Crippen LogP contribution is -2.60. The third-order valence-electron chi connectivity index (χ3n) is 3.44. The molecule has 1 aromatic rings. The summed E-state index contributed by atoms with van der Waals surface area (Å²) < 4.78 is 17.2. The molecule has 4 nitrogen and oxygen atoms in total. The van der Waals surface area contributed by atoms with E-state index < -0.39 is 12.0 Å². The lowest BCUT2D eigenvalue weighted by atomic mass is 9.90. The van der Waals surface area contributed by atoms with E-state index in [1.165, 1.54) is 0 Å². The predicted octanol–water partition coefficient (Wildman–Crippen LogP) is 2.38. The molecule has 0 aromatic heterocycles. The van der Waals surface area contributed by atoms with Crippen LogP contribution in [0.5, 0.6) is 0 Å². The first-order valence-corrected chi connectivity index (χ1v) is 6.01. The minimum absolute atomic E-state index is 0.0784. The van der Waals surface area contributed by atoms with Gasteiger partial charge >= 0.3 is 12.0 Å². The lowest BCUT2D eigenvalue weighted by Gasteiger charge is -2.49. The van der Waals surface area contributed by atoms with Gasteiger partial charge in [-0.1, -0.05) is 37.3 Å². The standard InChI is InChI=1S/C14H15NO3/c1-13-8-16-14(17-9-13,18-10-13)12(15-2)11-6-4-3-5-7-11/h3-7,12H,8-10H2,1H3/t12-,13?,14?/m1/s1. The molecule has 3 aliphatic rings. The monoisotopic (exact) mass is 245 g/mol. The molecular weight excluding hydrogens is 230 g/mol. The maximum atomic E-state index is 7.41. The molecule has 0 N–H and O–H groups in total. The Morgan fingerprint density at radius 1 is 1.11 bits per heavy atom. The molecule has 0 spiro atoms. The fraction of sp³-hybridized carbons (Fsp3) is 0.500. The smallest absolute Gasteiger partial charge is 0.320 e. The quantitative estimate of drug-likeness (QED) is 0.750. The summed E-state index contributed by atoms with van der Waals surface area (Å²) >= 11 is 0. The van der Waals surface area contributed by atoms with Crippen LogP contribution in [0.3, 0.4) is 0 Å². The summed E-state index contributed by atoms with van der Waals surface area (Å²) in [4.78, 5) is 3.65. The SMILES string of the molecule is [C-]#[N+][C@H](c1ccccc1)C12OCC(C)(CO1)CO2. The molecule has 0 radical (unpaired) electrons. The Morgan fingerprint density at radius 3 is 2.17 bits per heavy atom. The molecule has 2 bridgehead atoms. The van der Waals surface area contributed by atoms with Crippen molar-refractivity contribution in [2.45, 2.75) is 18.9 Å². The Kier molecular flexibility index (Phi) is 2.63. The number of hydrogen-bond acceptors (Lipinski definition) is 3. The summed E-state index contributed by atoms with van der Waals surface area (Å²) in [6.07, 6.45) is 0. The molecule has 1 atom stereocenters. The van der Waals surface area contributed by atoms with E-state index in [1.807, 2.05) is 30.3 Å². The normalized spacial score (nSPS) is 36.0. The van der Waals surface area contributed by atoms with Crippen LogP contribution in [0.1, 0.15) is 18.5 Å². The third kappa shape index (κ3) is 1.72. The summed E-state index contributed by atoms with van der Waals surface area (Å²) in [6.45, 7) is 11.2. The molecule has 0 amide bonds. The third-order valence-corrected chi connectivity index (χ3v) is 3.44. The average molecular weight is 245 g/mol. The molecule has 3 heterocycles. The minimum Gasteiger partial charge on any atom is -0.320 e. The zero-order valence-corrected chi connectivity index (χ0v) is 10.3. The van der Waals surface area contributed by atoms with Gasteiger partial charge in [0.1, 0.15) is 0 Å². The van der Waals surface area contributed by atoms with E-state index in [4.69, 9.17) is 20.8 Å². The maximum Gasteiger partial charge on any atom is 0.367 e. The maximum absolute atomic E-state index is 7.41. The van der Waals surface area contributed by atoms with Crippen LogP contribution in [-0.4, -0.2) is 25.8 Å². The molecule has 3 saturated heterocycles. The van der Waals surface area contributed by atoms with E-state index in [0.29, 0.717) is 19.8 Å². The summed E-state index contributed by atoms with van der Waals surface area (Å²) in [5, 5.41) is 0. The zero-order valence-electron chi connectivity index (χ0n) is 10.3. The van der Waals surface area contributed by atoms with E-state index in [-0.39, 0.29) is 5.41 Å². The van der Waals surface area contributed by atoms with Crippen molar-refractivity contribution >= 4 is 0 Å². The summed E-state index contributed by atoms with van der Waals surface area (Å²) in [5.74, 6) is -1.22. The van der Waals surface area contributed by atoms with Gasteiger partial charge in [-0.3, -0.25) is 4.85 Å². The highest BCUT2D eigenvalue weighted by Crippen LogP contribution is 2.45. The van der Waals surface area contributed by atoms with Gasteiger partial charge in [0.2, 0.25) is 0 Å². The van der Waals surface area contributed by atoms with Gasteiger partial charge in [-0.2, -0.15) is 0 Å². The minimum atomic E-state index is -1.22. The van der Waals surface area contributed by atoms with E-state index in [0.717, 1.165) is 5.56 Å². The van der Waals surface area contributed by atoms with E-state index >= 15 is 0 Å². The summed E-state index contributed by atoms with van der Waals surface area (Å²) in [5.41, 5.74) is 0.781. The van der Waals surface area contributed by atoms with E-state index in [1.54, 1.807) is 0 Å². The van der Waals surface area contributed by atoms with Crippen molar-refractivity contribution in [3.63, 3.8) is 0 Å². The Hall–Kier alpha value is -1.41. The van der Waals surface area contributed by atoms with Crippen LogP contribution in [-0.2, 0) is 14.2 Å². The largest absolute Gasteiger partial charge is 0.367 e. The second-order valence-electron chi connectivity index (χ2n) is 5.22. The van der Waals surface area contributed by atoms with Gasteiger partial charge in [0, 0.05) is 11.0 Å².